The van der Waals surface area contributed by atoms with E-state index in [-0.39, 0.29) is 0 Å². The van der Waals surface area contributed by atoms with Crippen LogP contribution in [0.3, 0.4) is 0 Å². The molecule has 2 heterocycles. The Bertz CT molecular complexity index is 905. The van der Waals surface area contributed by atoms with Crippen LogP contribution >= 0.6 is 11.8 Å². The van der Waals surface area contributed by atoms with Crippen LogP contribution in [-0.2, 0) is 0 Å². The van der Waals surface area contributed by atoms with Crippen LogP contribution < -0.4 is 15.0 Å². The van der Waals surface area contributed by atoms with Gasteiger partial charge in [0.1, 0.15) is 18.5 Å². The van der Waals surface area contributed by atoms with E-state index in [9.17, 15) is 5.11 Å². The van der Waals surface area contributed by atoms with E-state index >= 15 is 0 Å². The monoisotopic (exact) mass is 423 g/mol. The Hall–Kier alpha value is -2.41. The third-order valence-corrected chi connectivity index (χ3v) is 6.25. The summed E-state index contributed by atoms with van der Waals surface area (Å²) < 4.78 is 5.84. The van der Waals surface area contributed by atoms with Gasteiger partial charge in [0.2, 0.25) is 0 Å². The number of benzene rings is 2. The van der Waals surface area contributed by atoms with E-state index in [1.807, 2.05) is 30.4 Å². The smallest absolute Gasteiger partial charge is 0.120 e. The minimum absolute atomic E-state index is 0.291. The van der Waals surface area contributed by atoms with Crippen LogP contribution in [0.15, 0.2) is 65.7 Å². The highest BCUT2D eigenvalue weighted by Gasteiger charge is 2.20. The van der Waals surface area contributed by atoms with Crippen molar-refractivity contribution in [3.63, 3.8) is 0 Å². The first kappa shape index (κ1) is 20.8. The molecule has 0 saturated carbocycles. The van der Waals surface area contributed by atoms with Crippen molar-refractivity contribution in [3.05, 3.63) is 66.4 Å². The average molecular weight is 424 g/mol. The zero-order valence-electron chi connectivity index (χ0n) is 17.4. The van der Waals surface area contributed by atoms with Gasteiger partial charge in [-0.25, -0.2) is 0 Å². The lowest BCUT2D eigenvalue weighted by molar-refractivity contribution is 0.0663. The molecule has 2 aromatic rings. The average Bonchev–Trinajstić information content (AvgIpc) is 2.78. The zero-order chi connectivity index (χ0) is 20.9. The number of aliphatic hydroxyl groups excluding tert-OH is 1. The van der Waals surface area contributed by atoms with E-state index in [0.29, 0.717) is 13.2 Å². The maximum absolute atomic E-state index is 10.5. The molecule has 0 radical (unpaired) electrons. The van der Waals surface area contributed by atoms with Gasteiger partial charge in [-0.3, -0.25) is 4.90 Å². The van der Waals surface area contributed by atoms with Crippen LogP contribution in [0.25, 0.3) is 6.08 Å². The molecule has 30 heavy (non-hydrogen) atoms. The fraction of sp³-hybridized carbons (Fsp3) is 0.333. The summed E-state index contributed by atoms with van der Waals surface area (Å²) in [5.74, 6) is 0.769. The molecule has 5 nitrogen and oxygen atoms in total. The normalized spacial score (nSPS) is 17.4. The quantitative estimate of drug-likeness (QED) is 0.659. The predicted octanol–water partition coefficient (Wildman–Crippen LogP) is 3.92. The van der Waals surface area contributed by atoms with Crippen molar-refractivity contribution < 1.29 is 9.84 Å². The Morgan fingerprint density at radius 3 is 2.60 bits per heavy atom. The van der Waals surface area contributed by atoms with E-state index in [2.05, 4.69) is 52.2 Å². The van der Waals surface area contributed by atoms with Crippen molar-refractivity contribution in [2.45, 2.75) is 11.0 Å². The van der Waals surface area contributed by atoms with Gasteiger partial charge in [-0.1, -0.05) is 12.7 Å². The van der Waals surface area contributed by atoms with Crippen molar-refractivity contribution in [1.82, 2.24) is 4.90 Å². The Labute approximate surface area is 183 Å². The summed E-state index contributed by atoms with van der Waals surface area (Å²) in [5, 5.41) is 13.7. The molecular weight excluding hydrogens is 394 g/mol. The van der Waals surface area contributed by atoms with Crippen LogP contribution in [0.2, 0.25) is 0 Å². The number of nitrogens with one attached hydrogen (secondary N) is 1. The highest BCUT2D eigenvalue weighted by molar-refractivity contribution is 7.98. The Kier molecular flexibility index (Phi) is 6.67. The summed E-state index contributed by atoms with van der Waals surface area (Å²) >= 11 is 1.76. The number of fused-ring (bicyclic) bond motifs is 1. The van der Waals surface area contributed by atoms with Crippen LogP contribution in [-0.4, -0.2) is 61.7 Å². The Morgan fingerprint density at radius 2 is 1.87 bits per heavy atom. The molecule has 0 aromatic heterocycles. The summed E-state index contributed by atoms with van der Waals surface area (Å²) in [6.07, 6.45) is 5.55. The molecular formula is C24H29N3O2S. The second-order valence-electron chi connectivity index (χ2n) is 7.68. The van der Waals surface area contributed by atoms with Gasteiger partial charge in [0, 0.05) is 60.3 Å². The number of anilines is 2. The fourth-order valence-electron chi connectivity index (χ4n) is 3.81. The van der Waals surface area contributed by atoms with Gasteiger partial charge in [0.05, 0.1) is 0 Å². The molecule has 0 spiro atoms. The van der Waals surface area contributed by atoms with E-state index in [1.54, 1.807) is 11.8 Å². The van der Waals surface area contributed by atoms with Gasteiger partial charge < -0.3 is 20.1 Å². The first-order valence-electron chi connectivity index (χ1n) is 10.3. The van der Waals surface area contributed by atoms with Crippen LogP contribution in [0.4, 0.5) is 11.4 Å². The van der Waals surface area contributed by atoms with Crippen molar-refractivity contribution in [3.8, 4) is 5.75 Å². The predicted molar refractivity (Wildman–Crippen MR) is 127 cm³/mol. The molecule has 2 aromatic carbocycles. The number of ether oxygens (including phenoxy) is 1. The van der Waals surface area contributed by atoms with Gasteiger partial charge in [0.25, 0.3) is 0 Å². The number of β-amino-alcohol motifs (C(OH)–C–C–N with tert-alkyl or cyclic N) is 1. The Morgan fingerprint density at radius 1 is 1.10 bits per heavy atom. The molecule has 1 saturated heterocycles. The van der Waals surface area contributed by atoms with Crippen molar-refractivity contribution in [2.24, 2.45) is 0 Å². The van der Waals surface area contributed by atoms with Gasteiger partial charge in [-0.15, -0.1) is 11.8 Å². The number of nitrogens with zero attached hydrogens (tertiary/aromatic N) is 2. The van der Waals surface area contributed by atoms with E-state index in [1.165, 1.54) is 10.6 Å². The standard InChI is InChI=1S/C24H29N3O2S/c1-18-3-4-19-15-22(7-10-24(19)25-18)29-17-21(28)16-26-11-13-27(14-12-26)20-5-8-23(30-2)9-6-20/h3-10,15,21,25,28H,1,11-14,16-17H2,2H3/t21-/m0/s1. The maximum atomic E-state index is 10.5. The molecule has 1 atom stereocenters. The number of thioether (sulfide) groups is 1. The van der Waals surface area contributed by atoms with Crippen LogP contribution in [0, 0.1) is 0 Å². The van der Waals surface area contributed by atoms with Gasteiger partial charge in [-0.2, -0.15) is 0 Å². The molecule has 0 amide bonds. The van der Waals surface area contributed by atoms with Gasteiger partial charge in [0.15, 0.2) is 0 Å². The minimum atomic E-state index is -0.512. The number of hydrogen-bond acceptors (Lipinski definition) is 6. The number of rotatable bonds is 7. The molecule has 0 unspecified atom stereocenters. The SMILES string of the molecule is C=C1C=Cc2cc(OC[C@@H](O)CN3CCN(c4ccc(SC)cc4)CC3)ccc2N1. The number of aliphatic hydroxyl groups is 1. The van der Waals surface area contributed by atoms with Crippen LogP contribution in [0.1, 0.15) is 5.56 Å². The molecule has 1 fully saturated rings. The zero-order valence-corrected chi connectivity index (χ0v) is 18.2. The van der Waals surface area contributed by atoms with E-state index in [4.69, 9.17) is 4.74 Å². The number of piperazine rings is 1. The summed E-state index contributed by atoms with van der Waals surface area (Å²) in [6, 6.07) is 14.6. The Balaban J connectivity index is 1.22. The van der Waals surface area contributed by atoms with Gasteiger partial charge in [-0.05, 0) is 54.8 Å². The van der Waals surface area contributed by atoms with Crippen molar-refractivity contribution >= 4 is 29.2 Å². The number of hydrogen-bond donors (Lipinski definition) is 2. The summed E-state index contributed by atoms with van der Waals surface area (Å²) in [7, 11) is 0. The largest absolute Gasteiger partial charge is 0.491 e. The first-order valence-corrected chi connectivity index (χ1v) is 11.5. The minimum Gasteiger partial charge on any atom is -0.491 e. The second kappa shape index (κ2) is 9.60. The summed E-state index contributed by atoms with van der Waals surface area (Å²) in [4.78, 5) is 6.01. The third-order valence-electron chi connectivity index (χ3n) is 5.50. The lowest BCUT2D eigenvalue weighted by atomic mass is 10.1. The molecule has 0 bridgehead atoms. The van der Waals surface area contributed by atoms with Crippen LogP contribution in [0.5, 0.6) is 5.75 Å². The van der Waals surface area contributed by atoms with E-state index in [0.717, 1.165) is 48.9 Å². The fourth-order valence-corrected chi connectivity index (χ4v) is 4.22. The number of allylic oxidation sites excluding steroid dienone is 1. The molecule has 0 aliphatic carbocycles. The lowest BCUT2D eigenvalue weighted by Gasteiger charge is -2.36. The third kappa shape index (κ3) is 5.19. The molecule has 2 aliphatic heterocycles. The molecule has 6 heteroatoms. The topological polar surface area (TPSA) is 48.0 Å². The molecule has 2 N–H and O–H groups in total. The maximum Gasteiger partial charge on any atom is 0.120 e. The summed E-state index contributed by atoms with van der Waals surface area (Å²) in [5.41, 5.74) is 4.24. The van der Waals surface area contributed by atoms with Gasteiger partial charge >= 0.3 is 0 Å². The second-order valence-corrected chi connectivity index (χ2v) is 8.56. The molecule has 2 aliphatic rings. The van der Waals surface area contributed by atoms with E-state index < -0.39 is 6.10 Å². The molecule has 158 valence electrons. The van der Waals surface area contributed by atoms with Crippen molar-refractivity contribution in [2.75, 3.05) is 55.8 Å². The highest BCUT2D eigenvalue weighted by atomic mass is 32.2. The van der Waals surface area contributed by atoms with Crippen molar-refractivity contribution in [1.29, 1.82) is 0 Å². The summed E-state index contributed by atoms with van der Waals surface area (Å²) in [6.45, 7) is 8.67. The lowest BCUT2D eigenvalue weighted by Crippen LogP contribution is -2.49. The molecule has 4 rings (SSSR count). The highest BCUT2D eigenvalue weighted by Crippen LogP contribution is 2.28. The first-order chi connectivity index (χ1) is 14.6.